The van der Waals surface area contributed by atoms with Crippen LogP contribution in [0.2, 0.25) is 0 Å². The predicted octanol–water partition coefficient (Wildman–Crippen LogP) is 5.16. The normalized spacial score (nSPS) is 11.5. The van der Waals surface area contributed by atoms with Crippen LogP contribution in [0.4, 0.5) is 9.18 Å². The van der Waals surface area contributed by atoms with Crippen molar-refractivity contribution in [2.24, 2.45) is 0 Å². The summed E-state index contributed by atoms with van der Waals surface area (Å²) in [6, 6.07) is 21.0. The summed E-state index contributed by atoms with van der Waals surface area (Å²) >= 11 is 0. The smallest absolute Gasteiger partial charge is 0.318 e. The fraction of sp³-hybridized carbons (Fsp3) is 0.240. The van der Waals surface area contributed by atoms with Crippen molar-refractivity contribution in [1.29, 1.82) is 0 Å². The molecule has 0 spiro atoms. The lowest BCUT2D eigenvalue weighted by molar-refractivity contribution is 0.187. The Balaban J connectivity index is 1.83. The highest BCUT2D eigenvalue weighted by molar-refractivity contribution is 5.75. The highest BCUT2D eigenvalue weighted by atomic mass is 19.1. The highest BCUT2D eigenvalue weighted by Crippen LogP contribution is 2.30. The Morgan fingerprint density at radius 3 is 2.19 bits per heavy atom. The lowest BCUT2D eigenvalue weighted by Gasteiger charge is -2.32. The van der Waals surface area contributed by atoms with E-state index in [1.807, 2.05) is 55.5 Å². The average molecular weight is 423 g/mol. The standard InChI is InChI=1S/C25H27FN2O3/c1-4-28(25(29)27-17-18-10-15-22(30-2)23(16-18)31-3)24(19-8-6-5-7-9-19)20-11-13-21(26)14-12-20/h5-16,24H,4,17H2,1-3H3,(H,27,29)/t24-/m0/s1. The van der Waals surface area contributed by atoms with Crippen molar-refractivity contribution < 1.29 is 18.7 Å². The van der Waals surface area contributed by atoms with Crippen LogP contribution in [-0.2, 0) is 6.54 Å². The molecular formula is C25H27FN2O3. The first-order valence-corrected chi connectivity index (χ1v) is 10.1. The molecule has 3 aromatic carbocycles. The predicted molar refractivity (Wildman–Crippen MR) is 119 cm³/mol. The van der Waals surface area contributed by atoms with Crippen LogP contribution in [0.3, 0.4) is 0 Å². The SMILES string of the molecule is CCN(C(=O)NCc1ccc(OC)c(OC)c1)[C@@H](c1ccccc1)c1ccc(F)cc1. The molecule has 6 heteroatoms. The second kappa shape index (κ2) is 10.5. The average Bonchev–Trinajstić information content (AvgIpc) is 2.82. The molecule has 0 unspecified atom stereocenters. The lowest BCUT2D eigenvalue weighted by Crippen LogP contribution is -2.42. The van der Waals surface area contributed by atoms with Gasteiger partial charge in [0.15, 0.2) is 11.5 Å². The van der Waals surface area contributed by atoms with E-state index in [9.17, 15) is 9.18 Å². The van der Waals surface area contributed by atoms with Crippen molar-refractivity contribution in [1.82, 2.24) is 10.2 Å². The van der Waals surface area contributed by atoms with Gasteiger partial charge in [-0.25, -0.2) is 9.18 Å². The van der Waals surface area contributed by atoms with E-state index in [0.29, 0.717) is 24.6 Å². The first kappa shape index (κ1) is 22.2. The quantitative estimate of drug-likeness (QED) is 0.545. The fourth-order valence-corrected chi connectivity index (χ4v) is 3.55. The number of urea groups is 1. The third-order valence-electron chi connectivity index (χ3n) is 5.11. The molecule has 0 aromatic heterocycles. The maximum absolute atomic E-state index is 13.5. The van der Waals surface area contributed by atoms with Crippen molar-refractivity contribution >= 4 is 6.03 Å². The third kappa shape index (κ3) is 5.34. The van der Waals surface area contributed by atoms with E-state index >= 15 is 0 Å². The maximum Gasteiger partial charge on any atom is 0.318 e. The molecule has 2 amide bonds. The van der Waals surface area contributed by atoms with Crippen molar-refractivity contribution in [2.75, 3.05) is 20.8 Å². The molecule has 0 radical (unpaired) electrons. The molecule has 1 atom stereocenters. The zero-order valence-corrected chi connectivity index (χ0v) is 18.0. The zero-order chi connectivity index (χ0) is 22.2. The monoisotopic (exact) mass is 422 g/mol. The molecule has 0 aliphatic carbocycles. The number of benzene rings is 3. The highest BCUT2D eigenvalue weighted by Gasteiger charge is 2.25. The van der Waals surface area contributed by atoms with Gasteiger partial charge in [0, 0.05) is 13.1 Å². The maximum atomic E-state index is 13.5. The van der Waals surface area contributed by atoms with Crippen LogP contribution >= 0.6 is 0 Å². The molecule has 0 bridgehead atoms. The van der Waals surface area contributed by atoms with Crippen molar-refractivity contribution in [3.63, 3.8) is 0 Å². The first-order chi connectivity index (χ1) is 15.1. The Labute approximate surface area is 182 Å². The minimum atomic E-state index is -0.336. The second-order valence-electron chi connectivity index (χ2n) is 7.00. The molecule has 1 N–H and O–H groups in total. The number of carbonyl (C=O) groups is 1. The van der Waals surface area contributed by atoms with E-state index in [-0.39, 0.29) is 17.9 Å². The van der Waals surface area contributed by atoms with Gasteiger partial charge in [-0.3, -0.25) is 0 Å². The molecule has 162 valence electrons. The minimum absolute atomic E-state index is 0.213. The number of rotatable bonds is 8. The van der Waals surface area contributed by atoms with E-state index in [1.165, 1.54) is 12.1 Å². The van der Waals surface area contributed by atoms with Gasteiger partial charge in [0.25, 0.3) is 0 Å². The van der Waals surface area contributed by atoms with Gasteiger partial charge >= 0.3 is 6.03 Å². The summed E-state index contributed by atoms with van der Waals surface area (Å²) in [5.74, 6) is 0.930. The number of carbonyl (C=O) groups excluding carboxylic acids is 1. The topological polar surface area (TPSA) is 50.8 Å². The molecule has 3 rings (SSSR count). The summed E-state index contributed by atoms with van der Waals surface area (Å²) < 4.78 is 24.1. The van der Waals surface area contributed by atoms with E-state index in [0.717, 1.165) is 16.7 Å². The number of halogens is 1. The molecule has 31 heavy (non-hydrogen) atoms. The molecular weight excluding hydrogens is 395 g/mol. The van der Waals surface area contributed by atoms with Crippen LogP contribution < -0.4 is 14.8 Å². The van der Waals surface area contributed by atoms with Gasteiger partial charge in [-0.2, -0.15) is 0 Å². The van der Waals surface area contributed by atoms with Gasteiger partial charge in [0.2, 0.25) is 0 Å². The number of nitrogens with one attached hydrogen (secondary N) is 1. The molecule has 0 heterocycles. The van der Waals surface area contributed by atoms with E-state index in [2.05, 4.69) is 5.32 Å². The molecule has 5 nitrogen and oxygen atoms in total. The van der Waals surface area contributed by atoms with Crippen LogP contribution in [0.15, 0.2) is 72.8 Å². The number of hydrogen-bond donors (Lipinski definition) is 1. The van der Waals surface area contributed by atoms with E-state index in [4.69, 9.17) is 9.47 Å². The lowest BCUT2D eigenvalue weighted by atomic mass is 9.97. The van der Waals surface area contributed by atoms with Crippen molar-refractivity contribution in [2.45, 2.75) is 19.5 Å². The number of amides is 2. The van der Waals surface area contributed by atoms with Crippen LogP contribution in [0.5, 0.6) is 11.5 Å². The summed E-state index contributed by atoms with van der Waals surface area (Å²) in [5.41, 5.74) is 2.69. The summed E-state index contributed by atoms with van der Waals surface area (Å²) in [4.78, 5) is 14.9. The molecule has 3 aromatic rings. The number of nitrogens with zero attached hydrogens (tertiary/aromatic N) is 1. The Hall–Kier alpha value is -3.54. The van der Waals surface area contributed by atoms with Crippen molar-refractivity contribution in [3.8, 4) is 11.5 Å². The van der Waals surface area contributed by atoms with Crippen LogP contribution in [-0.4, -0.2) is 31.7 Å². The molecule has 0 fully saturated rings. The van der Waals surface area contributed by atoms with Gasteiger partial charge in [0.1, 0.15) is 5.82 Å². The zero-order valence-electron chi connectivity index (χ0n) is 18.0. The van der Waals surface area contributed by atoms with Crippen LogP contribution in [0.1, 0.15) is 29.7 Å². The largest absolute Gasteiger partial charge is 0.493 e. The van der Waals surface area contributed by atoms with Crippen LogP contribution in [0.25, 0.3) is 0 Å². The van der Waals surface area contributed by atoms with E-state index in [1.54, 1.807) is 31.3 Å². The Bertz CT molecular complexity index is 993. The number of hydrogen-bond acceptors (Lipinski definition) is 3. The Kier molecular flexibility index (Phi) is 7.49. The van der Waals surface area contributed by atoms with Crippen molar-refractivity contribution in [3.05, 3.63) is 95.3 Å². The minimum Gasteiger partial charge on any atom is -0.493 e. The van der Waals surface area contributed by atoms with Gasteiger partial charge in [0.05, 0.1) is 20.3 Å². The van der Waals surface area contributed by atoms with Gasteiger partial charge in [-0.15, -0.1) is 0 Å². The van der Waals surface area contributed by atoms with E-state index < -0.39 is 0 Å². The number of ether oxygens (including phenoxy) is 2. The molecule has 0 saturated heterocycles. The van der Waals surface area contributed by atoms with Crippen LogP contribution in [0, 0.1) is 5.82 Å². The van der Waals surface area contributed by atoms with Gasteiger partial charge in [-0.05, 0) is 47.9 Å². The summed E-state index contributed by atoms with van der Waals surface area (Å²) in [5, 5.41) is 2.99. The summed E-state index contributed by atoms with van der Waals surface area (Å²) in [6.07, 6.45) is 0. The molecule has 0 aliphatic heterocycles. The Morgan fingerprint density at radius 2 is 1.58 bits per heavy atom. The second-order valence-corrected chi connectivity index (χ2v) is 7.00. The van der Waals surface area contributed by atoms with Gasteiger partial charge in [-0.1, -0.05) is 48.5 Å². The fourth-order valence-electron chi connectivity index (χ4n) is 3.55. The Morgan fingerprint density at radius 1 is 0.935 bits per heavy atom. The molecule has 0 saturated carbocycles. The third-order valence-corrected chi connectivity index (χ3v) is 5.11. The molecule has 0 aliphatic rings. The number of methoxy groups -OCH3 is 2. The summed E-state index contributed by atoms with van der Waals surface area (Å²) in [6.45, 7) is 2.74. The summed E-state index contributed by atoms with van der Waals surface area (Å²) in [7, 11) is 3.16. The first-order valence-electron chi connectivity index (χ1n) is 10.1. The van der Waals surface area contributed by atoms with Gasteiger partial charge < -0.3 is 19.7 Å².